The average molecular weight is 418 g/mol. The summed E-state index contributed by atoms with van der Waals surface area (Å²) in [4.78, 5) is 26.8. The lowest BCUT2D eigenvalue weighted by Crippen LogP contribution is -3.00. The fourth-order valence-corrected chi connectivity index (χ4v) is 2.32. The van der Waals surface area contributed by atoms with Crippen molar-refractivity contribution in [1.29, 1.82) is 0 Å². The third-order valence-corrected chi connectivity index (χ3v) is 3.61. The van der Waals surface area contributed by atoms with Gasteiger partial charge in [-0.25, -0.2) is 8.96 Å². The quantitative estimate of drug-likeness (QED) is 0.253. The minimum Gasteiger partial charge on any atom is -1.00 e. The second-order valence-electron chi connectivity index (χ2n) is 5.36. The first-order valence-corrected chi connectivity index (χ1v) is 7.41. The van der Waals surface area contributed by atoms with Crippen molar-refractivity contribution >= 4 is 11.5 Å². The summed E-state index contributed by atoms with van der Waals surface area (Å²) in [6.45, 7) is 0.0118. The number of ketones is 1. The lowest BCUT2D eigenvalue weighted by Gasteiger charge is -2.01. The van der Waals surface area contributed by atoms with Crippen LogP contribution in [-0.4, -0.2) is 15.7 Å². The first kappa shape index (κ1) is 19.3. The molecule has 26 heavy (non-hydrogen) atoms. The smallest absolute Gasteiger partial charge is 0.287 e. The molecule has 0 bridgehead atoms. The third-order valence-electron chi connectivity index (χ3n) is 3.61. The van der Waals surface area contributed by atoms with Crippen LogP contribution in [0.4, 0.5) is 10.1 Å². The van der Waals surface area contributed by atoms with Crippen LogP contribution in [0.1, 0.15) is 10.4 Å². The number of rotatable bonds is 5. The summed E-state index contributed by atoms with van der Waals surface area (Å²) < 4.78 is 14.5. The standard InChI is InChI=1S/C18H13FN3O3.BrH/c19-15-6-4-13(5-7-15)17-8-9-21(12-20-17)11-18(23)14-2-1-3-16(10-14)22(24)25;/h1-10,12H,11H2;1H/q+1;/p-1. The molecular weight excluding hydrogens is 405 g/mol. The molecular formula is C18H13BrFN3O3. The van der Waals surface area contributed by atoms with Gasteiger partial charge < -0.3 is 17.0 Å². The molecule has 132 valence electrons. The minimum absolute atomic E-state index is 0. The summed E-state index contributed by atoms with van der Waals surface area (Å²) in [5, 5.41) is 10.8. The highest BCUT2D eigenvalue weighted by Gasteiger charge is 2.15. The molecule has 0 saturated heterocycles. The molecule has 0 N–H and O–H groups in total. The molecule has 1 heterocycles. The molecule has 3 aromatic rings. The van der Waals surface area contributed by atoms with Crippen molar-refractivity contribution in [3.05, 3.63) is 88.6 Å². The lowest BCUT2D eigenvalue weighted by molar-refractivity contribution is -0.686. The van der Waals surface area contributed by atoms with Gasteiger partial charge in [0.2, 0.25) is 5.78 Å². The Morgan fingerprint density at radius 1 is 1.15 bits per heavy atom. The van der Waals surface area contributed by atoms with Crippen molar-refractivity contribution < 1.29 is 35.7 Å². The maximum atomic E-state index is 12.9. The molecule has 2 aromatic carbocycles. The maximum Gasteiger partial charge on any atom is 0.287 e. The fourth-order valence-electron chi connectivity index (χ4n) is 2.32. The van der Waals surface area contributed by atoms with Crippen molar-refractivity contribution in [2.24, 2.45) is 0 Å². The second-order valence-corrected chi connectivity index (χ2v) is 5.36. The Kier molecular flexibility index (Phi) is 6.24. The first-order chi connectivity index (χ1) is 12.0. The lowest BCUT2D eigenvalue weighted by atomic mass is 10.1. The van der Waals surface area contributed by atoms with E-state index >= 15 is 0 Å². The summed E-state index contributed by atoms with van der Waals surface area (Å²) >= 11 is 0. The number of nitro groups is 1. The van der Waals surface area contributed by atoms with Gasteiger partial charge in [0.1, 0.15) is 5.82 Å². The molecule has 0 aliphatic carbocycles. The topological polar surface area (TPSA) is 77.0 Å². The van der Waals surface area contributed by atoms with E-state index in [-0.39, 0.29) is 46.4 Å². The van der Waals surface area contributed by atoms with Gasteiger partial charge >= 0.3 is 0 Å². The normalized spacial score (nSPS) is 10.0. The van der Waals surface area contributed by atoms with E-state index in [1.54, 1.807) is 29.0 Å². The number of Topliss-reactive ketones (excluding diaryl/α,β-unsaturated/α-hetero) is 1. The van der Waals surface area contributed by atoms with Crippen molar-refractivity contribution in [2.45, 2.75) is 6.54 Å². The minimum atomic E-state index is -0.539. The van der Waals surface area contributed by atoms with E-state index in [0.717, 1.165) is 5.56 Å². The number of hydrogen-bond acceptors (Lipinski definition) is 4. The summed E-state index contributed by atoms with van der Waals surface area (Å²) in [6.07, 6.45) is 3.18. The van der Waals surface area contributed by atoms with E-state index in [1.807, 2.05) is 0 Å². The summed E-state index contributed by atoms with van der Waals surface area (Å²) in [5.41, 5.74) is 1.56. The van der Waals surface area contributed by atoms with Gasteiger partial charge in [0.05, 0.1) is 11.1 Å². The fraction of sp³-hybridized carbons (Fsp3) is 0.0556. The van der Waals surface area contributed by atoms with E-state index in [0.29, 0.717) is 5.69 Å². The molecule has 0 fully saturated rings. The number of non-ortho nitro benzene ring substituents is 1. The zero-order valence-corrected chi connectivity index (χ0v) is 15.0. The van der Waals surface area contributed by atoms with Crippen molar-refractivity contribution in [2.75, 3.05) is 0 Å². The number of carbonyl (C=O) groups is 1. The molecule has 0 aliphatic rings. The summed E-state index contributed by atoms with van der Waals surface area (Å²) in [7, 11) is 0. The van der Waals surface area contributed by atoms with Gasteiger partial charge in [0.25, 0.3) is 12.0 Å². The van der Waals surface area contributed by atoms with Crippen LogP contribution in [0.3, 0.4) is 0 Å². The van der Waals surface area contributed by atoms with Gasteiger partial charge in [-0.1, -0.05) is 12.1 Å². The number of benzene rings is 2. The number of nitro benzene ring substituents is 1. The predicted octanol–water partition coefficient (Wildman–Crippen LogP) is -0.0297. The molecule has 0 unspecified atom stereocenters. The number of nitrogens with zero attached hydrogens (tertiary/aromatic N) is 3. The molecule has 8 heteroatoms. The Balaban J connectivity index is 0.00000243. The SMILES string of the molecule is O=C(C[n+]1ccc(-c2ccc(F)cc2)nc1)c1cccc([N+](=O)[O-])c1.[Br-]. The highest BCUT2D eigenvalue weighted by Crippen LogP contribution is 2.16. The van der Waals surface area contributed by atoms with Crippen LogP contribution in [0, 0.1) is 15.9 Å². The van der Waals surface area contributed by atoms with Gasteiger partial charge in [-0.3, -0.25) is 14.9 Å². The number of carbonyl (C=O) groups excluding carboxylic acids is 1. The summed E-state index contributed by atoms with van der Waals surface area (Å²) in [5.74, 6) is -0.581. The zero-order valence-electron chi connectivity index (χ0n) is 13.4. The van der Waals surface area contributed by atoms with Crippen molar-refractivity contribution in [3.8, 4) is 11.3 Å². The third kappa shape index (κ3) is 4.54. The predicted molar refractivity (Wildman–Crippen MR) is 87.3 cm³/mol. The van der Waals surface area contributed by atoms with E-state index in [1.165, 1.54) is 42.7 Å². The molecule has 0 radical (unpaired) electrons. The number of hydrogen-bond donors (Lipinski definition) is 0. The highest BCUT2D eigenvalue weighted by atomic mass is 79.9. The highest BCUT2D eigenvalue weighted by molar-refractivity contribution is 5.95. The van der Waals surface area contributed by atoms with Crippen LogP contribution < -0.4 is 21.5 Å². The van der Waals surface area contributed by atoms with E-state index in [9.17, 15) is 19.3 Å². The average Bonchev–Trinajstić information content (AvgIpc) is 2.63. The Morgan fingerprint density at radius 3 is 2.50 bits per heavy atom. The van der Waals surface area contributed by atoms with Gasteiger partial charge in [0.15, 0.2) is 12.2 Å². The van der Waals surface area contributed by atoms with Gasteiger partial charge in [-0.2, -0.15) is 0 Å². The van der Waals surface area contributed by atoms with Crippen LogP contribution >= 0.6 is 0 Å². The van der Waals surface area contributed by atoms with Crippen molar-refractivity contribution in [1.82, 2.24) is 4.98 Å². The molecule has 0 spiro atoms. The number of halogens is 2. The van der Waals surface area contributed by atoms with Gasteiger partial charge in [-0.15, -0.1) is 0 Å². The first-order valence-electron chi connectivity index (χ1n) is 7.41. The molecule has 3 rings (SSSR count). The molecule has 1 aromatic heterocycles. The summed E-state index contributed by atoms with van der Waals surface area (Å²) in [6, 6.07) is 13.3. The van der Waals surface area contributed by atoms with E-state index in [4.69, 9.17) is 0 Å². The monoisotopic (exact) mass is 417 g/mol. The Morgan fingerprint density at radius 2 is 1.88 bits per heavy atom. The van der Waals surface area contributed by atoms with Gasteiger partial charge in [0, 0.05) is 29.3 Å². The van der Waals surface area contributed by atoms with Crippen molar-refractivity contribution in [3.63, 3.8) is 0 Å². The second kappa shape index (κ2) is 8.39. The van der Waals surface area contributed by atoms with Crippen LogP contribution in [0.2, 0.25) is 0 Å². The molecule has 6 nitrogen and oxygen atoms in total. The molecule has 0 atom stereocenters. The zero-order chi connectivity index (χ0) is 17.8. The molecule has 0 amide bonds. The van der Waals surface area contributed by atoms with Gasteiger partial charge in [-0.05, 0) is 29.2 Å². The van der Waals surface area contributed by atoms with Crippen LogP contribution in [-0.2, 0) is 6.54 Å². The molecule has 0 aliphatic heterocycles. The Labute approximate surface area is 158 Å². The number of aromatic nitrogens is 2. The van der Waals surface area contributed by atoms with Crippen LogP contribution in [0.15, 0.2) is 67.1 Å². The van der Waals surface area contributed by atoms with E-state index < -0.39 is 4.92 Å². The van der Waals surface area contributed by atoms with Crippen LogP contribution in [0.25, 0.3) is 11.3 Å². The Hall–Kier alpha value is -3.00. The maximum absolute atomic E-state index is 12.9. The molecule has 0 saturated carbocycles. The Bertz CT molecular complexity index is 931. The van der Waals surface area contributed by atoms with Crippen LogP contribution in [0.5, 0.6) is 0 Å². The van der Waals surface area contributed by atoms with E-state index in [2.05, 4.69) is 4.98 Å². The largest absolute Gasteiger partial charge is 1.00 e.